The topological polar surface area (TPSA) is 98.0 Å². The molecule has 9 heteroatoms. The SMILES string of the molecule is COCCN1CCN(c2cc3nc(-c4ccco4)nn3c(N)n2)CC1. The van der Waals surface area contributed by atoms with Crippen LogP contribution in [0, 0.1) is 0 Å². The van der Waals surface area contributed by atoms with Crippen molar-refractivity contribution in [2.45, 2.75) is 0 Å². The van der Waals surface area contributed by atoms with Gasteiger partial charge in [0.05, 0.1) is 12.9 Å². The van der Waals surface area contributed by atoms with Gasteiger partial charge in [0.15, 0.2) is 11.4 Å². The zero-order valence-electron chi connectivity index (χ0n) is 14.1. The van der Waals surface area contributed by atoms with Crippen LogP contribution in [0.25, 0.3) is 17.2 Å². The Morgan fingerprint density at radius 3 is 2.80 bits per heavy atom. The van der Waals surface area contributed by atoms with Crippen LogP contribution < -0.4 is 10.6 Å². The van der Waals surface area contributed by atoms with E-state index < -0.39 is 0 Å². The van der Waals surface area contributed by atoms with Crippen molar-refractivity contribution < 1.29 is 9.15 Å². The predicted octanol–water partition coefficient (Wildman–Crippen LogP) is 0.735. The number of fused-ring (bicyclic) bond motifs is 1. The summed E-state index contributed by atoms with van der Waals surface area (Å²) in [5.41, 5.74) is 6.75. The van der Waals surface area contributed by atoms with Crippen molar-refractivity contribution in [3.8, 4) is 11.6 Å². The molecular weight excluding hydrogens is 322 g/mol. The second-order valence-corrected chi connectivity index (χ2v) is 5.98. The summed E-state index contributed by atoms with van der Waals surface area (Å²) in [6, 6.07) is 5.54. The molecule has 3 aromatic heterocycles. The molecule has 1 aliphatic rings. The highest BCUT2D eigenvalue weighted by molar-refractivity contribution is 5.59. The zero-order chi connectivity index (χ0) is 17.2. The molecule has 25 heavy (non-hydrogen) atoms. The van der Waals surface area contributed by atoms with Crippen LogP contribution in [-0.4, -0.2) is 70.9 Å². The predicted molar refractivity (Wildman–Crippen MR) is 93.4 cm³/mol. The quantitative estimate of drug-likeness (QED) is 0.724. The summed E-state index contributed by atoms with van der Waals surface area (Å²) in [5, 5.41) is 4.37. The normalized spacial score (nSPS) is 16.0. The maximum Gasteiger partial charge on any atom is 0.225 e. The summed E-state index contributed by atoms with van der Waals surface area (Å²) >= 11 is 0. The molecule has 1 saturated heterocycles. The van der Waals surface area contributed by atoms with Gasteiger partial charge >= 0.3 is 0 Å². The third-order valence-corrected chi connectivity index (χ3v) is 4.39. The number of nitrogen functional groups attached to an aromatic ring is 1. The first-order valence-corrected chi connectivity index (χ1v) is 8.28. The number of nitrogens with two attached hydrogens (primary N) is 1. The van der Waals surface area contributed by atoms with E-state index in [4.69, 9.17) is 14.9 Å². The Kier molecular flexibility index (Phi) is 4.24. The Labute approximate surface area is 145 Å². The van der Waals surface area contributed by atoms with Crippen molar-refractivity contribution in [1.29, 1.82) is 0 Å². The number of nitrogens with zero attached hydrogens (tertiary/aromatic N) is 6. The highest BCUT2D eigenvalue weighted by Gasteiger charge is 2.20. The largest absolute Gasteiger partial charge is 0.461 e. The van der Waals surface area contributed by atoms with Gasteiger partial charge in [-0.05, 0) is 12.1 Å². The maximum absolute atomic E-state index is 6.09. The van der Waals surface area contributed by atoms with Crippen molar-refractivity contribution in [2.75, 3.05) is 57.1 Å². The number of anilines is 2. The minimum atomic E-state index is 0.319. The van der Waals surface area contributed by atoms with E-state index in [-0.39, 0.29) is 0 Å². The molecule has 0 unspecified atom stereocenters. The molecule has 1 fully saturated rings. The van der Waals surface area contributed by atoms with Crippen LogP contribution in [0.5, 0.6) is 0 Å². The van der Waals surface area contributed by atoms with Crippen LogP contribution >= 0.6 is 0 Å². The first-order valence-electron chi connectivity index (χ1n) is 8.28. The Hall–Kier alpha value is -2.65. The van der Waals surface area contributed by atoms with Gasteiger partial charge in [0.2, 0.25) is 11.8 Å². The number of rotatable bonds is 5. The smallest absolute Gasteiger partial charge is 0.225 e. The number of furan rings is 1. The minimum absolute atomic E-state index is 0.319. The highest BCUT2D eigenvalue weighted by Crippen LogP contribution is 2.21. The maximum atomic E-state index is 6.09. The molecule has 0 saturated carbocycles. The second-order valence-electron chi connectivity index (χ2n) is 5.98. The summed E-state index contributed by atoms with van der Waals surface area (Å²) < 4.78 is 12.0. The third kappa shape index (κ3) is 3.15. The molecule has 3 aromatic rings. The lowest BCUT2D eigenvalue weighted by Crippen LogP contribution is -2.47. The number of hydrogen-bond donors (Lipinski definition) is 1. The Balaban J connectivity index is 1.55. The fourth-order valence-corrected chi connectivity index (χ4v) is 2.99. The standard InChI is InChI=1S/C16H21N7O2/c1-24-10-8-21-4-6-22(7-5-21)13-11-14-18-15(12-3-2-9-25-12)20-23(14)16(17)19-13/h2-3,9,11H,4-8,10H2,1H3,(H2,17,19). The van der Waals surface area contributed by atoms with Crippen molar-refractivity contribution in [3.63, 3.8) is 0 Å². The number of hydrogen-bond acceptors (Lipinski definition) is 8. The van der Waals surface area contributed by atoms with Gasteiger partial charge in [-0.15, -0.1) is 5.10 Å². The first kappa shape index (κ1) is 15.9. The average molecular weight is 343 g/mol. The van der Waals surface area contributed by atoms with Crippen LogP contribution in [0.3, 0.4) is 0 Å². The van der Waals surface area contributed by atoms with Crippen molar-refractivity contribution >= 4 is 17.4 Å². The fourth-order valence-electron chi connectivity index (χ4n) is 2.99. The van der Waals surface area contributed by atoms with Crippen LogP contribution in [-0.2, 0) is 4.74 Å². The second kappa shape index (κ2) is 6.69. The van der Waals surface area contributed by atoms with Crippen molar-refractivity contribution in [1.82, 2.24) is 24.5 Å². The van der Waals surface area contributed by atoms with Gasteiger partial charge < -0.3 is 19.8 Å². The molecule has 0 aliphatic carbocycles. The van der Waals surface area contributed by atoms with E-state index in [9.17, 15) is 0 Å². The Morgan fingerprint density at radius 1 is 1.24 bits per heavy atom. The number of aromatic nitrogens is 4. The average Bonchev–Trinajstić information content (AvgIpc) is 3.29. The van der Waals surface area contributed by atoms with Crippen molar-refractivity contribution in [2.24, 2.45) is 0 Å². The van der Waals surface area contributed by atoms with Crippen LogP contribution in [0.4, 0.5) is 11.8 Å². The lowest BCUT2D eigenvalue weighted by molar-refractivity contribution is 0.144. The Bertz CT molecular complexity index is 838. The monoisotopic (exact) mass is 343 g/mol. The summed E-state index contributed by atoms with van der Waals surface area (Å²) in [4.78, 5) is 13.6. The zero-order valence-corrected chi connectivity index (χ0v) is 14.1. The van der Waals surface area contributed by atoms with E-state index in [1.54, 1.807) is 19.4 Å². The molecule has 9 nitrogen and oxygen atoms in total. The van der Waals surface area contributed by atoms with Gasteiger partial charge in [-0.25, -0.2) is 4.98 Å². The minimum Gasteiger partial charge on any atom is -0.461 e. The summed E-state index contributed by atoms with van der Waals surface area (Å²) in [6.07, 6.45) is 1.59. The number of methoxy groups -OCH3 is 1. The molecular formula is C16H21N7O2. The first-order chi connectivity index (χ1) is 12.2. The molecule has 0 amide bonds. The molecule has 0 spiro atoms. The van der Waals surface area contributed by atoms with Crippen molar-refractivity contribution in [3.05, 3.63) is 24.5 Å². The van der Waals surface area contributed by atoms with Gasteiger partial charge in [-0.3, -0.25) is 4.90 Å². The van der Waals surface area contributed by atoms with E-state index >= 15 is 0 Å². The number of ether oxygens (including phenoxy) is 1. The summed E-state index contributed by atoms with van der Waals surface area (Å²) in [5.74, 6) is 2.26. The molecule has 132 valence electrons. The fraction of sp³-hybridized carbons (Fsp3) is 0.438. The molecule has 4 heterocycles. The molecule has 0 radical (unpaired) electrons. The lowest BCUT2D eigenvalue weighted by Gasteiger charge is -2.35. The van der Waals surface area contributed by atoms with Gasteiger partial charge in [-0.1, -0.05) is 0 Å². The number of piperazine rings is 1. The Morgan fingerprint density at radius 2 is 2.08 bits per heavy atom. The molecule has 0 atom stereocenters. The summed E-state index contributed by atoms with van der Waals surface area (Å²) in [7, 11) is 1.73. The van der Waals surface area contributed by atoms with E-state index in [1.165, 1.54) is 4.52 Å². The van der Waals surface area contributed by atoms with E-state index in [1.807, 2.05) is 12.1 Å². The molecule has 4 rings (SSSR count). The van der Waals surface area contributed by atoms with E-state index in [0.717, 1.165) is 45.1 Å². The van der Waals surface area contributed by atoms with Gasteiger partial charge in [-0.2, -0.15) is 9.50 Å². The van der Waals surface area contributed by atoms with Crippen LogP contribution in [0.1, 0.15) is 0 Å². The van der Waals surface area contributed by atoms with Gasteiger partial charge in [0, 0.05) is 45.9 Å². The van der Waals surface area contributed by atoms with Crippen LogP contribution in [0.15, 0.2) is 28.9 Å². The molecule has 2 N–H and O–H groups in total. The third-order valence-electron chi connectivity index (χ3n) is 4.39. The van der Waals surface area contributed by atoms with Gasteiger partial charge in [0.25, 0.3) is 0 Å². The van der Waals surface area contributed by atoms with Crippen LogP contribution in [0.2, 0.25) is 0 Å². The lowest BCUT2D eigenvalue weighted by atomic mass is 10.3. The highest BCUT2D eigenvalue weighted by atomic mass is 16.5. The summed E-state index contributed by atoms with van der Waals surface area (Å²) in [6.45, 7) is 5.44. The molecule has 0 bridgehead atoms. The molecule has 1 aliphatic heterocycles. The van der Waals surface area contributed by atoms with Gasteiger partial charge in [0.1, 0.15) is 5.82 Å². The molecule has 0 aromatic carbocycles. The van der Waals surface area contributed by atoms with E-state index in [0.29, 0.717) is 23.2 Å². The van der Waals surface area contributed by atoms with E-state index in [2.05, 4.69) is 24.9 Å².